The van der Waals surface area contributed by atoms with E-state index in [1.165, 1.54) is 0 Å². The van der Waals surface area contributed by atoms with Gasteiger partial charge in [-0.25, -0.2) is 0 Å². The average Bonchev–Trinajstić information content (AvgIpc) is 1.84. The van der Waals surface area contributed by atoms with Gasteiger partial charge in [0, 0.05) is 5.70 Å². The van der Waals surface area contributed by atoms with E-state index in [0.29, 0.717) is 11.1 Å². The van der Waals surface area contributed by atoms with Gasteiger partial charge < -0.3 is 4.53 Å². The van der Waals surface area contributed by atoms with Gasteiger partial charge in [-0.2, -0.15) is 0 Å². The number of rotatable bonds is 5. The van der Waals surface area contributed by atoms with Crippen LogP contribution in [-0.2, 0) is 4.53 Å². The zero-order valence-corrected chi connectivity index (χ0v) is 10.0. The molecule has 0 saturated carbocycles. The van der Waals surface area contributed by atoms with Crippen molar-refractivity contribution in [2.45, 2.75) is 45.7 Å². The van der Waals surface area contributed by atoms with E-state index in [9.17, 15) is 0 Å². The van der Waals surface area contributed by atoms with Gasteiger partial charge in [-0.1, -0.05) is 34.3 Å². The van der Waals surface area contributed by atoms with Crippen LogP contribution in [0.4, 0.5) is 0 Å². The van der Waals surface area contributed by atoms with Gasteiger partial charge in [-0.3, -0.25) is 5.48 Å². The lowest BCUT2D eigenvalue weighted by Crippen LogP contribution is -2.31. The first-order valence-electron chi connectivity index (χ1n) is 4.52. The number of nitrogens with one attached hydrogen (secondary N) is 1. The van der Waals surface area contributed by atoms with E-state index in [1.54, 1.807) is 0 Å². The molecule has 0 heterocycles. The minimum atomic E-state index is -1.11. The number of hydrogen-bond donors (Lipinski definition) is 1. The van der Waals surface area contributed by atoms with Crippen molar-refractivity contribution < 1.29 is 4.53 Å². The molecule has 0 aromatic heterocycles. The second-order valence-electron chi connectivity index (χ2n) is 3.95. The van der Waals surface area contributed by atoms with E-state index in [1.807, 2.05) is 6.92 Å². The summed E-state index contributed by atoms with van der Waals surface area (Å²) < 4.78 is 5.62. The molecule has 12 heavy (non-hydrogen) atoms. The predicted molar refractivity (Wildman–Crippen MR) is 56.4 cm³/mol. The fourth-order valence-corrected chi connectivity index (χ4v) is 3.63. The summed E-state index contributed by atoms with van der Waals surface area (Å²) in [6.45, 7) is 14.5. The highest BCUT2D eigenvalue weighted by Gasteiger charge is 2.21. The molecule has 0 aliphatic heterocycles. The Morgan fingerprint density at radius 2 is 1.67 bits per heavy atom. The topological polar surface area (TPSA) is 21.3 Å². The maximum atomic E-state index is 5.62. The van der Waals surface area contributed by atoms with Gasteiger partial charge in [-0.05, 0) is 18.0 Å². The van der Waals surface area contributed by atoms with Gasteiger partial charge in [0.05, 0.1) is 0 Å². The zero-order valence-electron chi connectivity index (χ0n) is 8.85. The van der Waals surface area contributed by atoms with Crippen LogP contribution in [0.5, 0.6) is 0 Å². The van der Waals surface area contributed by atoms with Gasteiger partial charge in [-0.15, -0.1) is 0 Å². The summed E-state index contributed by atoms with van der Waals surface area (Å²) in [5.41, 5.74) is 5.09. The first-order chi connectivity index (χ1) is 5.45. The molecule has 0 aliphatic rings. The van der Waals surface area contributed by atoms with Crippen molar-refractivity contribution in [2.75, 3.05) is 0 Å². The molecule has 0 amide bonds. The van der Waals surface area contributed by atoms with Crippen LogP contribution in [0.2, 0.25) is 11.1 Å². The van der Waals surface area contributed by atoms with Gasteiger partial charge in [0.25, 0.3) is 0 Å². The molecule has 0 aromatic rings. The smallest absolute Gasteiger partial charge is 0.219 e. The molecule has 0 atom stereocenters. The fraction of sp³-hybridized carbons (Fsp3) is 0.778. The Balaban J connectivity index is 3.88. The molecule has 0 bridgehead atoms. The third-order valence-corrected chi connectivity index (χ3v) is 4.70. The molecule has 0 spiro atoms. The molecule has 0 radical (unpaired) electrons. The largest absolute Gasteiger partial charge is 0.326 e. The van der Waals surface area contributed by atoms with Crippen LogP contribution in [0.1, 0.15) is 34.6 Å². The summed E-state index contributed by atoms with van der Waals surface area (Å²) in [4.78, 5) is 0. The van der Waals surface area contributed by atoms with Crippen LogP contribution in [-0.4, -0.2) is 9.04 Å². The van der Waals surface area contributed by atoms with Crippen LogP contribution in [0.15, 0.2) is 12.3 Å². The van der Waals surface area contributed by atoms with Crippen molar-refractivity contribution >= 4 is 9.04 Å². The molecule has 0 unspecified atom stereocenters. The summed E-state index contributed by atoms with van der Waals surface area (Å²) in [6.07, 6.45) is 0. The van der Waals surface area contributed by atoms with Crippen LogP contribution < -0.4 is 5.48 Å². The van der Waals surface area contributed by atoms with E-state index in [0.717, 1.165) is 5.70 Å². The van der Waals surface area contributed by atoms with Crippen LogP contribution in [0.25, 0.3) is 0 Å². The third-order valence-electron chi connectivity index (χ3n) is 1.68. The maximum absolute atomic E-state index is 5.62. The first-order valence-corrected chi connectivity index (χ1v) is 6.32. The molecule has 0 fully saturated rings. The van der Waals surface area contributed by atoms with Gasteiger partial charge in [0.2, 0.25) is 9.04 Å². The lowest BCUT2D eigenvalue weighted by molar-refractivity contribution is 0.220. The molecular formula is C9H21NOSi. The van der Waals surface area contributed by atoms with Crippen LogP contribution in [0.3, 0.4) is 0 Å². The third kappa shape index (κ3) is 4.57. The quantitative estimate of drug-likeness (QED) is 0.527. The number of allylic oxidation sites excluding steroid dienone is 1. The minimum Gasteiger partial charge on any atom is -0.326 e. The molecule has 1 N–H and O–H groups in total. The van der Waals surface area contributed by atoms with E-state index in [2.05, 4.69) is 39.8 Å². The molecule has 3 heteroatoms. The van der Waals surface area contributed by atoms with Crippen molar-refractivity contribution in [3.63, 3.8) is 0 Å². The molecule has 0 aromatic carbocycles. The van der Waals surface area contributed by atoms with E-state index < -0.39 is 9.04 Å². The summed E-state index contributed by atoms with van der Waals surface area (Å²) >= 11 is 0. The Labute approximate surface area is 77.7 Å². The summed E-state index contributed by atoms with van der Waals surface area (Å²) in [7, 11) is -1.11. The highest BCUT2D eigenvalue weighted by atomic mass is 28.3. The summed E-state index contributed by atoms with van der Waals surface area (Å²) in [5.74, 6) is 0. The number of hydrogen-bond acceptors (Lipinski definition) is 2. The van der Waals surface area contributed by atoms with Gasteiger partial charge in [0.15, 0.2) is 0 Å². The molecular weight excluding hydrogens is 166 g/mol. The lowest BCUT2D eigenvalue weighted by atomic mass is 10.5. The van der Waals surface area contributed by atoms with Crippen molar-refractivity contribution in [1.29, 1.82) is 0 Å². The van der Waals surface area contributed by atoms with E-state index in [4.69, 9.17) is 4.53 Å². The lowest BCUT2D eigenvalue weighted by Gasteiger charge is -2.23. The van der Waals surface area contributed by atoms with E-state index in [-0.39, 0.29) is 0 Å². The highest BCUT2D eigenvalue weighted by molar-refractivity contribution is 6.54. The SMILES string of the molecule is C=C(C)NO[SiH](C(C)C)C(C)C. The Hall–Kier alpha value is -0.283. The Morgan fingerprint density at radius 1 is 1.25 bits per heavy atom. The second-order valence-corrected chi connectivity index (χ2v) is 7.78. The van der Waals surface area contributed by atoms with Gasteiger partial charge in [0.1, 0.15) is 0 Å². The van der Waals surface area contributed by atoms with Crippen molar-refractivity contribution in [3.8, 4) is 0 Å². The molecule has 0 saturated heterocycles. The fourth-order valence-electron chi connectivity index (χ4n) is 1.21. The van der Waals surface area contributed by atoms with Crippen LogP contribution in [0, 0.1) is 0 Å². The first kappa shape index (κ1) is 11.7. The Kier molecular flexibility index (Phi) is 5.25. The van der Waals surface area contributed by atoms with Gasteiger partial charge >= 0.3 is 0 Å². The molecule has 0 rings (SSSR count). The van der Waals surface area contributed by atoms with E-state index >= 15 is 0 Å². The minimum absolute atomic E-state index is 0.664. The highest BCUT2D eigenvalue weighted by Crippen LogP contribution is 2.19. The van der Waals surface area contributed by atoms with Crippen molar-refractivity contribution in [2.24, 2.45) is 0 Å². The van der Waals surface area contributed by atoms with Crippen LogP contribution >= 0.6 is 0 Å². The van der Waals surface area contributed by atoms with Crippen molar-refractivity contribution in [3.05, 3.63) is 12.3 Å². The monoisotopic (exact) mass is 187 g/mol. The normalized spacial score (nSPS) is 11.3. The predicted octanol–water partition coefficient (Wildman–Crippen LogP) is 2.59. The average molecular weight is 187 g/mol. The standard InChI is InChI=1S/C9H21NOSi/c1-7(2)10-11-12(8(3)4)9(5)6/h8-10,12H,1H2,2-6H3. The molecule has 0 aliphatic carbocycles. The molecule has 72 valence electrons. The second kappa shape index (κ2) is 5.38. The summed E-state index contributed by atoms with van der Waals surface area (Å²) in [6, 6.07) is 0. The Bertz CT molecular complexity index is 137. The molecule has 2 nitrogen and oxygen atoms in total. The summed E-state index contributed by atoms with van der Waals surface area (Å²) in [5, 5.41) is 0. The van der Waals surface area contributed by atoms with Crippen molar-refractivity contribution in [1.82, 2.24) is 5.48 Å². The maximum Gasteiger partial charge on any atom is 0.219 e. The Morgan fingerprint density at radius 3 is 1.92 bits per heavy atom. The number of hydroxylamine groups is 1. The zero-order chi connectivity index (χ0) is 9.72.